The normalized spacial score (nSPS) is 12.0. The van der Waals surface area contributed by atoms with Crippen molar-refractivity contribution < 1.29 is 19.0 Å². The van der Waals surface area contributed by atoms with Crippen molar-refractivity contribution in [3.05, 3.63) is 59.7 Å². The van der Waals surface area contributed by atoms with E-state index in [1.54, 1.807) is 32.4 Å². The van der Waals surface area contributed by atoms with Gasteiger partial charge in [-0.25, -0.2) is 5.43 Å². The summed E-state index contributed by atoms with van der Waals surface area (Å²) in [5, 5.41) is 3.98. The lowest BCUT2D eigenvalue weighted by Crippen LogP contribution is -2.26. The van der Waals surface area contributed by atoms with Gasteiger partial charge in [0, 0.05) is 12.7 Å². The highest BCUT2D eigenvalue weighted by Gasteiger charge is 2.19. The van der Waals surface area contributed by atoms with Crippen molar-refractivity contribution in [3.8, 4) is 11.5 Å². The maximum Gasteiger partial charge on any atom is 0.273 e. The Labute approximate surface area is 141 Å². The zero-order valence-corrected chi connectivity index (χ0v) is 13.9. The van der Waals surface area contributed by atoms with Gasteiger partial charge in [0.2, 0.25) is 0 Å². The summed E-state index contributed by atoms with van der Waals surface area (Å²) in [6.07, 6.45) is 0.771. The molecule has 0 aliphatic heterocycles. The van der Waals surface area contributed by atoms with E-state index in [4.69, 9.17) is 14.2 Å². The Balaban J connectivity index is 2.09. The molecule has 6 nitrogen and oxygen atoms in total. The molecule has 0 heterocycles. The van der Waals surface area contributed by atoms with Gasteiger partial charge in [0.05, 0.1) is 20.4 Å². The Kier molecular flexibility index (Phi) is 6.33. The summed E-state index contributed by atoms with van der Waals surface area (Å²) in [5.74, 6) is 0.935. The summed E-state index contributed by atoms with van der Waals surface area (Å²) in [6, 6.07) is 14.5. The predicted octanol–water partition coefficient (Wildman–Crippen LogP) is 2.54. The fourth-order valence-electron chi connectivity index (χ4n) is 2.19. The second-order valence-electron chi connectivity index (χ2n) is 4.87. The highest BCUT2D eigenvalue weighted by Crippen LogP contribution is 2.22. The summed E-state index contributed by atoms with van der Waals surface area (Å²) in [7, 11) is 4.62. The fraction of sp³-hybridized carbons (Fsp3) is 0.222. The molecule has 0 saturated carbocycles. The van der Waals surface area contributed by atoms with Gasteiger partial charge < -0.3 is 14.2 Å². The van der Waals surface area contributed by atoms with Gasteiger partial charge in [0.25, 0.3) is 5.91 Å². The van der Waals surface area contributed by atoms with Crippen molar-refractivity contribution in [2.24, 2.45) is 5.10 Å². The summed E-state index contributed by atoms with van der Waals surface area (Å²) in [6.45, 7) is 0. The smallest absolute Gasteiger partial charge is 0.273 e. The van der Waals surface area contributed by atoms with E-state index in [1.165, 1.54) is 13.3 Å². The van der Waals surface area contributed by atoms with Gasteiger partial charge in [-0.1, -0.05) is 30.3 Å². The van der Waals surface area contributed by atoms with Crippen LogP contribution in [0.5, 0.6) is 11.5 Å². The number of nitrogens with one attached hydrogen (secondary N) is 1. The Bertz CT molecular complexity index is 701. The average molecular weight is 328 g/mol. The number of hydrazone groups is 1. The topological polar surface area (TPSA) is 69.2 Å². The Morgan fingerprint density at radius 1 is 1.08 bits per heavy atom. The third-order valence-electron chi connectivity index (χ3n) is 3.39. The molecule has 0 fully saturated rings. The molecule has 2 aromatic rings. The number of nitrogens with zero attached hydrogens (tertiary/aromatic N) is 1. The molecule has 0 radical (unpaired) electrons. The number of hydrogen-bond donors (Lipinski definition) is 1. The Morgan fingerprint density at radius 2 is 1.83 bits per heavy atom. The minimum absolute atomic E-state index is 0.359. The van der Waals surface area contributed by atoms with Crippen molar-refractivity contribution in [2.75, 3.05) is 21.3 Å². The first-order valence-corrected chi connectivity index (χ1v) is 7.32. The molecule has 126 valence electrons. The lowest BCUT2D eigenvalue weighted by Gasteiger charge is -2.13. The number of benzene rings is 2. The fourth-order valence-corrected chi connectivity index (χ4v) is 2.19. The molecule has 0 saturated heterocycles. The summed E-state index contributed by atoms with van der Waals surface area (Å²) >= 11 is 0. The van der Waals surface area contributed by atoms with Crippen LogP contribution < -0.4 is 14.9 Å². The minimum Gasteiger partial charge on any atom is -0.497 e. The quantitative estimate of drug-likeness (QED) is 0.626. The van der Waals surface area contributed by atoms with Gasteiger partial charge in [0.15, 0.2) is 6.10 Å². The number of ether oxygens (including phenoxy) is 3. The monoisotopic (exact) mass is 328 g/mol. The van der Waals surface area contributed by atoms with Gasteiger partial charge in [-0.15, -0.1) is 0 Å². The van der Waals surface area contributed by atoms with Crippen LogP contribution in [0.2, 0.25) is 0 Å². The molecule has 0 aliphatic carbocycles. The van der Waals surface area contributed by atoms with E-state index in [9.17, 15) is 4.79 Å². The van der Waals surface area contributed by atoms with Crippen LogP contribution in [0, 0.1) is 0 Å². The van der Waals surface area contributed by atoms with Crippen LogP contribution in [-0.4, -0.2) is 33.5 Å². The van der Waals surface area contributed by atoms with Crippen LogP contribution in [0.4, 0.5) is 0 Å². The Hall–Kier alpha value is -2.86. The summed E-state index contributed by atoms with van der Waals surface area (Å²) < 4.78 is 15.7. The molecule has 1 amide bonds. The number of carbonyl (C=O) groups is 1. The van der Waals surface area contributed by atoms with E-state index in [1.807, 2.05) is 30.3 Å². The summed E-state index contributed by atoms with van der Waals surface area (Å²) in [5.41, 5.74) is 3.92. The lowest BCUT2D eigenvalue weighted by atomic mass is 10.1. The van der Waals surface area contributed by atoms with Gasteiger partial charge >= 0.3 is 0 Å². The maximum atomic E-state index is 12.2. The predicted molar refractivity (Wildman–Crippen MR) is 91.5 cm³/mol. The van der Waals surface area contributed by atoms with Crippen molar-refractivity contribution >= 4 is 12.1 Å². The first-order chi connectivity index (χ1) is 11.7. The molecule has 1 N–H and O–H groups in total. The second kappa shape index (κ2) is 8.69. The van der Waals surface area contributed by atoms with Crippen LogP contribution >= 0.6 is 0 Å². The highest BCUT2D eigenvalue weighted by atomic mass is 16.5. The largest absolute Gasteiger partial charge is 0.497 e. The summed E-state index contributed by atoms with van der Waals surface area (Å²) in [4.78, 5) is 12.2. The maximum absolute atomic E-state index is 12.2. The molecule has 1 atom stereocenters. The van der Waals surface area contributed by atoms with E-state index in [2.05, 4.69) is 10.5 Å². The van der Waals surface area contributed by atoms with Gasteiger partial charge in [0.1, 0.15) is 11.5 Å². The van der Waals surface area contributed by atoms with Gasteiger partial charge in [-0.05, 0) is 23.8 Å². The zero-order valence-electron chi connectivity index (χ0n) is 13.9. The molecule has 24 heavy (non-hydrogen) atoms. The molecule has 0 aliphatic rings. The molecule has 0 unspecified atom stereocenters. The molecule has 0 bridgehead atoms. The SMILES string of the molecule is COc1ccc(OC)c(/C=N\NC(=O)[C@@H](OC)c2ccccc2)c1. The van der Waals surface area contributed by atoms with Crippen LogP contribution in [-0.2, 0) is 9.53 Å². The van der Waals surface area contributed by atoms with Crippen molar-refractivity contribution in [2.45, 2.75) is 6.10 Å². The average Bonchev–Trinajstić information content (AvgIpc) is 2.63. The first-order valence-electron chi connectivity index (χ1n) is 7.32. The van der Waals surface area contributed by atoms with Crippen LogP contribution in [0.25, 0.3) is 0 Å². The molecular weight excluding hydrogens is 308 g/mol. The first kappa shape index (κ1) is 17.5. The molecule has 2 rings (SSSR count). The molecule has 0 spiro atoms. The number of rotatable bonds is 7. The third-order valence-corrected chi connectivity index (χ3v) is 3.39. The highest BCUT2D eigenvalue weighted by molar-refractivity contribution is 5.87. The lowest BCUT2D eigenvalue weighted by molar-refractivity contribution is -0.131. The molecule has 0 aromatic heterocycles. The van der Waals surface area contributed by atoms with Crippen LogP contribution in [0.15, 0.2) is 53.6 Å². The van der Waals surface area contributed by atoms with E-state index >= 15 is 0 Å². The van der Waals surface area contributed by atoms with Gasteiger partial charge in [-0.2, -0.15) is 5.10 Å². The minimum atomic E-state index is -0.726. The zero-order chi connectivity index (χ0) is 17.4. The Morgan fingerprint density at radius 3 is 2.46 bits per heavy atom. The number of amides is 1. The standard InChI is InChI=1S/C18H20N2O4/c1-22-15-9-10-16(23-2)14(11-15)12-19-20-18(21)17(24-3)13-7-5-4-6-8-13/h4-12,17H,1-3H3,(H,20,21)/b19-12-/t17-/m0/s1. The molecule has 6 heteroatoms. The van der Waals surface area contributed by atoms with E-state index < -0.39 is 6.10 Å². The number of methoxy groups -OCH3 is 3. The molecular formula is C18H20N2O4. The van der Waals surface area contributed by atoms with Gasteiger partial charge in [-0.3, -0.25) is 4.79 Å². The van der Waals surface area contributed by atoms with Crippen LogP contribution in [0.1, 0.15) is 17.2 Å². The number of carbonyl (C=O) groups excluding carboxylic acids is 1. The van der Waals surface area contributed by atoms with E-state index in [0.717, 1.165) is 5.56 Å². The number of hydrogen-bond acceptors (Lipinski definition) is 5. The van der Waals surface area contributed by atoms with Crippen LogP contribution in [0.3, 0.4) is 0 Å². The van der Waals surface area contributed by atoms with Crippen molar-refractivity contribution in [1.29, 1.82) is 0 Å². The van der Waals surface area contributed by atoms with E-state index in [-0.39, 0.29) is 5.91 Å². The molecule has 2 aromatic carbocycles. The second-order valence-corrected chi connectivity index (χ2v) is 4.87. The van der Waals surface area contributed by atoms with Crippen molar-refractivity contribution in [1.82, 2.24) is 5.43 Å². The third kappa shape index (κ3) is 4.33. The van der Waals surface area contributed by atoms with E-state index in [0.29, 0.717) is 17.1 Å². The van der Waals surface area contributed by atoms with Crippen molar-refractivity contribution in [3.63, 3.8) is 0 Å².